The van der Waals surface area contributed by atoms with Crippen molar-refractivity contribution >= 4 is 23.4 Å². The molecule has 1 heterocycles. The standard InChI is InChI=1S/C15H19N3O6/c1-3-10-9-16(15(20)21)6-7-17(10)13-5-4-11(18(22)23)8-12(13)14(19)24-2/h4-5,8,10H,3,6-7,9H2,1-2H3,(H,20,21)/t10-/m1/s1. The fourth-order valence-corrected chi connectivity index (χ4v) is 2.86. The van der Waals surface area contributed by atoms with E-state index in [1.165, 1.54) is 30.2 Å². The predicted molar refractivity (Wildman–Crippen MR) is 85.5 cm³/mol. The molecule has 9 nitrogen and oxygen atoms in total. The smallest absolute Gasteiger partial charge is 0.407 e. The fraction of sp³-hybridized carbons (Fsp3) is 0.467. The number of ether oxygens (including phenoxy) is 1. The number of carbonyl (C=O) groups excluding carboxylic acids is 1. The molecule has 1 N–H and O–H groups in total. The number of carbonyl (C=O) groups is 2. The van der Waals surface area contributed by atoms with E-state index in [9.17, 15) is 19.7 Å². The lowest BCUT2D eigenvalue weighted by atomic mass is 10.0. The zero-order chi connectivity index (χ0) is 17.9. The number of rotatable bonds is 4. The van der Waals surface area contributed by atoms with E-state index < -0.39 is 17.0 Å². The second-order valence-corrected chi connectivity index (χ2v) is 5.43. The van der Waals surface area contributed by atoms with Gasteiger partial charge in [0.05, 0.1) is 23.3 Å². The van der Waals surface area contributed by atoms with Gasteiger partial charge in [-0.05, 0) is 12.5 Å². The van der Waals surface area contributed by atoms with Gasteiger partial charge in [0, 0.05) is 37.8 Å². The summed E-state index contributed by atoms with van der Waals surface area (Å²) in [5.41, 5.74) is 0.426. The summed E-state index contributed by atoms with van der Waals surface area (Å²) in [4.78, 5) is 36.8. The van der Waals surface area contributed by atoms with Gasteiger partial charge in [-0.1, -0.05) is 6.92 Å². The van der Waals surface area contributed by atoms with Gasteiger partial charge in [-0.3, -0.25) is 10.1 Å². The summed E-state index contributed by atoms with van der Waals surface area (Å²) in [5.74, 6) is -0.663. The second-order valence-electron chi connectivity index (χ2n) is 5.43. The third-order valence-corrected chi connectivity index (χ3v) is 4.13. The highest BCUT2D eigenvalue weighted by Gasteiger charge is 2.31. The number of amides is 1. The molecule has 2 rings (SSSR count). The van der Waals surface area contributed by atoms with Crippen LogP contribution < -0.4 is 4.90 Å². The van der Waals surface area contributed by atoms with Gasteiger partial charge >= 0.3 is 12.1 Å². The molecule has 1 fully saturated rings. The van der Waals surface area contributed by atoms with Crippen molar-refractivity contribution in [2.75, 3.05) is 31.6 Å². The highest BCUT2D eigenvalue weighted by molar-refractivity contribution is 5.96. The van der Waals surface area contributed by atoms with Crippen LogP contribution in [-0.2, 0) is 4.74 Å². The van der Waals surface area contributed by atoms with Crippen LogP contribution >= 0.6 is 0 Å². The molecule has 0 unspecified atom stereocenters. The Morgan fingerprint density at radius 1 is 1.42 bits per heavy atom. The minimum Gasteiger partial charge on any atom is -0.465 e. The highest BCUT2D eigenvalue weighted by Crippen LogP contribution is 2.30. The number of benzene rings is 1. The van der Waals surface area contributed by atoms with Gasteiger partial charge in [-0.2, -0.15) is 0 Å². The number of nitrogens with zero attached hydrogens (tertiary/aromatic N) is 3. The van der Waals surface area contributed by atoms with E-state index in [0.29, 0.717) is 31.7 Å². The first-order valence-corrected chi connectivity index (χ1v) is 7.50. The Bertz CT molecular complexity index is 663. The maximum Gasteiger partial charge on any atom is 0.407 e. The van der Waals surface area contributed by atoms with Crippen molar-refractivity contribution in [1.82, 2.24) is 4.90 Å². The lowest BCUT2D eigenvalue weighted by molar-refractivity contribution is -0.384. The SMILES string of the molecule is CC[C@@H]1CN(C(=O)O)CCN1c1ccc([N+](=O)[O-])cc1C(=O)OC. The van der Waals surface area contributed by atoms with Crippen molar-refractivity contribution in [1.29, 1.82) is 0 Å². The molecule has 1 amide bonds. The second kappa shape index (κ2) is 7.16. The number of methoxy groups -OCH3 is 1. The van der Waals surface area contributed by atoms with Gasteiger partial charge in [0.2, 0.25) is 0 Å². The van der Waals surface area contributed by atoms with Crippen molar-refractivity contribution in [2.24, 2.45) is 0 Å². The van der Waals surface area contributed by atoms with Crippen molar-refractivity contribution in [3.63, 3.8) is 0 Å². The molecule has 1 aliphatic heterocycles. The molecule has 1 aromatic carbocycles. The number of piperazine rings is 1. The fourth-order valence-electron chi connectivity index (χ4n) is 2.86. The van der Waals surface area contributed by atoms with E-state index in [1.807, 2.05) is 11.8 Å². The highest BCUT2D eigenvalue weighted by atomic mass is 16.6. The molecule has 0 aliphatic carbocycles. The van der Waals surface area contributed by atoms with E-state index in [2.05, 4.69) is 0 Å². The van der Waals surface area contributed by atoms with Crippen LogP contribution in [0.15, 0.2) is 18.2 Å². The van der Waals surface area contributed by atoms with Crippen LogP contribution in [0.3, 0.4) is 0 Å². The molecule has 0 radical (unpaired) electrons. The Morgan fingerprint density at radius 2 is 2.12 bits per heavy atom. The van der Waals surface area contributed by atoms with Crippen LogP contribution in [0.4, 0.5) is 16.2 Å². The van der Waals surface area contributed by atoms with Gasteiger partial charge in [0.1, 0.15) is 0 Å². The number of hydrogen-bond acceptors (Lipinski definition) is 6. The number of esters is 1. The quantitative estimate of drug-likeness (QED) is 0.507. The Hall–Kier alpha value is -2.84. The Kier molecular flexibility index (Phi) is 5.22. The van der Waals surface area contributed by atoms with Crippen LogP contribution in [0.1, 0.15) is 23.7 Å². The molecule has 0 saturated carbocycles. The lowest BCUT2D eigenvalue weighted by Gasteiger charge is -2.42. The molecule has 130 valence electrons. The number of nitro benzene ring substituents is 1. The Balaban J connectivity index is 2.41. The van der Waals surface area contributed by atoms with E-state index in [4.69, 9.17) is 9.84 Å². The lowest BCUT2D eigenvalue weighted by Crippen LogP contribution is -2.54. The maximum absolute atomic E-state index is 12.0. The molecule has 1 aromatic rings. The average molecular weight is 337 g/mol. The average Bonchev–Trinajstić information content (AvgIpc) is 2.59. The Morgan fingerprint density at radius 3 is 2.67 bits per heavy atom. The zero-order valence-electron chi connectivity index (χ0n) is 13.5. The van der Waals surface area contributed by atoms with Gasteiger partial charge in [-0.15, -0.1) is 0 Å². The summed E-state index contributed by atoms with van der Waals surface area (Å²) in [6.45, 7) is 2.92. The number of hydrogen-bond donors (Lipinski definition) is 1. The molecule has 1 saturated heterocycles. The monoisotopic (exact) mass is 337 g/mol. The number of carboxylic acid groups (broad SMARTS) is 1. The van der Waals surface area contributed by atoms with Crippen molar-refractivity contribution in [2.45, 2.75) is 19.4 Å². The Labute approximate surface area is 138 Å². The van der Waals surface area contributed by atoms with Gasteiger partial charge < -0.3 is 19.6 Å². The molecule has 0 spiro atoms. The zero-order valence-corrected chi connectivity index (χ0v) is 13.5. The molecule has 0 aromatic heterocycles. The first kappa shape index (κ1) is 17.5. The molecule has 9 heteroatoms. The van der Waals surface area contributed by atoms with E-state index >= 15 is 0 Å². The number of anilines is 1. The first-order chi connectivity index (χ1) is 11.4. The van der Waals surface area contributed by atoms with Crippen LogP contribution in [0.5, 0.6) is 0 Å². The third-order valence-electron chi connectivity index (χ3n) is 4.13. The van der Waals surface area contributed by atoms with Crippen molar-refractivity contribution < 1.29 is 24.4 Å². The summed E-state index contributed by atoms with van der Waals surface area (Å²) in [6.07, 6.45) is -0.313. The van der Waals surface area contributed by atoms with Crippen molar-refractivity contribution in [3.05, 3.63) is 33.9 Å². The summed E-state index contributed by atoms with van der Waals surface area (Å²) in [7, 11) is 1.21. The van der Waals surface area contributed by atoms with Crippen LogP contribution in [0, 0.1) is 10.1 Å². The first-order valence-electron chi connectivity index (χ1n) is 7.50. The summed E-state index contributed by atoms with van der Waals surface area (Å²) in [6, 6.07) is 3.92. The van der Waals surface area contributed by atoms with E-state index in [0.717, 1.165) is 0 Å². The van der Waals surface area contributed by atoms with Crippen LogP contribution in [-0.4, -0.2) is 59.8 Å². The molecular formula is C15H19N3O6. The normalized spacial score (nSPS) is 17.5. The molecule has 1 atom stereocenters. The van der Waals surface area contributed by atoms with Crippen molar-refractivity contribution in [3.8, 4) is 0 Å². The maximum atomic E-state index is 12.0. The van der Waals surface area contributed by atoms with Gasteiger partial charge in [0.15, 0.2) is 0 Å². The van der Waals surface area contributed by atoms with E-state index in [-0.39, 0.29) is 17.3 Å². The molecular weight excluding hydrogens is 318 g/mol. The topological polar surface area (TPSA) is 113 Å². The summed E-state index contributed by atoms with van der Waals surface area (Å²) in [5, 5.41) is 20.1. The number of nitro groups is 1. The van der Waals surface area contributed by atoms with Crippen LogP contribution in [0.25, 0.3) is 0 Å². The van der Waals surface area contributed by atoms with Gasteiger partial charge in [0.25, 0.3) is 5.69 Å². The van der Waals surface area contributed by atoms with Gasteiger partial charge in [-0.25, -0.2) is 9.59 Å². The molecule has 1 aliphatic rings. The van der Waals surface area contributed by atoms with Crippen LogP contribution in [0.2, 0.25) is 0 Å². The predicted octanol–water partition coefficient (Wildman–Crippen LogP) is 1.96. The van der Waals surface area contributed by atoms with E-state index in [1.54, 1.807) is 0 Å². The largest absolute Gasteiger partial charge is 0.465 e. The minimum absolute atomic E-state index is 0.105. The molecule has 0 bridgehead atoms. The third kappa shape index (κ3) is 3.39. The number of non-ortho nitro benzene ring substituents is 1. The summed E-state index contributed by atoms with van der Waals surface area (Å²) >= 11 is 0. The summed E-state index contributed by atoms with van der Waals surface area (Å²) < 4.78 is 4.74. The molecule has 24 heavy (non-hydrogen) atoms. The minimum atomic E-state index is -0.981.